The van der Waals surface area contributed by atoms with Gasteiger partial charge in [-0.1, -0.05) is 6.07 Å². The number of nitrogens with one attached hydrogen (secondary N) is 1. The first-order chi connectivity index (χ1) is 12.2. The molecule has 1 aromatic carbocycles. The summed E-state index contributed by atoms with van der Waals surface area (Å²) >= 11 is 1.65. The fraction of sp³-hybridized carbons (Fsp3) is 0.421. The van der Waals surface area contributed by atoms with Crippen molar-refractivity contribution in [3.8, 4) is 11.3 Å². The molecule has 2 aliphatic heterocycles. The second-order valence-corrected chi connectivity index (χ2v) is 7.58. The van der Waals surface area contributed by atoms with E-state index in [0.717, 1.165) is 60.7 Å². The molecule has 1 saturated heterocycles. The number of amides is 2. The van der Waals surface area contributed by atoms with Crippen molar-refractivity contribution in [3.63, 3.8) is 0 Å². The molecular formula is C19H21N3O2S. The molecule has 0 saturated carbocycles. The Balaban J connectivity index is 1.47. The zero-order valence-electron chi connectivity index (χ0n) is 14.1. The SMILES string of the molecule is O=C1CCCc2cc(-c3csc(CCN4CCCC4=O)n3)ccc2N1. The molecule has 2 amide bonds. The van der Waals surface area contributed by atoms with Crippen molar-refractivity contribution in [2.45, 2.75) is 38.5 Å². The van der Waals surface area contributed by atoms with Crippen LogP contribution in [0.1, 0.15) is 36.3 Å². The Morgan fingerprint density at radius 1 is 1.16 bits per heavy atom. The molecule has 3 heterocycles. The third-order valence-corrected chi connectivity index (χ3v) is 5.75. The number of nitrogens with zero attached hydrogens (tertiary/aromatic N) is 2. The van der Waals surface area contributed by atoms with Crippen LogP contribution in [0.5, 0.6) is 0 Å². The molecule has 6 heteroatoms. The minimum Gasteiger partial charge on any atom is -0.342 e. The minimum absolute atomic E-state index is 0.0962. The summed E-state index contributed by atoms with van der Waals surface area (Å²) in [4.78, 5) is 30.0. The van der Waals surface area contributed by atoms with E-state index in [4.69, 9.17) is 4.98 Å². The van der Waals surface area contributed by atoms with Gasteiger partial charge in [0.15, 0.2) is 0 Å². The zero-order chi connectivity index (χ0) is 17.2. The first-order valence-corrected chi connectivity index (χ1v) is 9.72. The zero-order valence-corrected chi connectivity index (χ0v) is 14.9. The summed E-state index contributed by atoms with van der Waals surface area (Å²) in [5.74, 6) is 0.364. The quantitative estimate of drug-likeness (QED) is 0.916. The van der Waals surface area contributed by atoms with Gasteiger partial charge >= 0.3 is 0 Å². The molecule has 0 radical (unpaired) electrons. The van der Waals surface area contributed by atoms with Gasteiger partial charge in [-0.2, -0.15) is 0 Å². The first-order valence-electron chi connectivity index (χ1n) is 8.84. The average Bonchev–Trinajstić information content (AvgIpc) is 3.18. The Labute approximate surface area is 151 Å². The van der Waals surface area contributed by atoms with Crippen molar-refractivity contribution < 1.29 is 9.59 Å². The van der Waals surface area contributed by atoms with Crippen LogP contribution in [0.25, 0.3) is 11.3 Å². The summed E-state index contributed by atoms with van der Waals surface area (Å²) in [6.07, 6.45) is 4.87. The molecule has 0 aliphatic carbocycles. The second kappa shape index (κ2) is 6.96. The van der Waals surface area contributed by atoms with Gasteiger partial charge in [-0.05, 0) is 37.0 Å². The number of carbonyl (C=O) groups is 2. The molecule has 5 nitrogen and oxygen atoms in total. The van der Waals surface area contributed by atoms with Crippen LogP contribution < -0.4 is 5.32 Å². The van der Waals surface area contributed by atoms with Gasteiger partial charge in [-0.3, -0.25) is 9.59 Å². The number of fused-ring (bicyclic) bond motifs is 1. The van der Waals surface area contributed by atoms with E-state index in [0.29, 0.717) is 12.8 Å². The highest BCUT2D eigenvalue weighted by Crippen LogP contribution is 2.29. The molecule has 0 spiro atoms. The van der Waals surface area contributed by atoms with Crippen molar-refractivity contribution in [2.75, 3.05) is 18.4 Å². The molecule has 1 fully saturated rings. The Kier molecular flexibility index (Phi) is 4.53. The maximum Gasteiger partial charge on any atom is 0.224 e. The van der Waals surface area contributed by atoms with E-state index in [1.54, 1.807) is 11.3 Å². The third kappa shape index (κ3) is 3.58. The van der Waals surface area contributed by atoms with Gasteiger partial charge in [0.05, 0.1) is 10.7 Å². The van der Waals surface area contributed by atoms with Crippen LogP contribution >= 0.6 is 11.3 Å². The van der Waals surface area contributed by atoms with E-state index in [1.807, 2.05) is 17.0 Å². The van der Waals surface area contributed by atoms with E-state index in [1.165, 1.54) is 5.56 Å². The van der Waals surface area contributed by atoms with Crippen LogP contribution in [0.15, 0.2) is 23.6 Å². The highest BCUT2D eigenvalue weighted by Gasteiger charge is 2.20. The van der Waals surface area contributed by atoms with Crippen molar-refractivity contribution in [2.24, 2.45) is 0 Å². The Bertz CT molecular complexity index is 815. The largest absolute Gasteiger partial charge is 0.342 e. The molecular weight excluding hydrogens is 334 g/mol. The lowest BCUT2D eigenvalue weighted by atomic mass is 10.0. The number of aromatic nitrogens is 1. The number of hydrogen-bond donors (Lipinski definition) is 1. The number of thiazole rings is 1. The van der Waals surface area contributed by atoms with Crippen LogP contribution in [0, 0.1) is 0 Å². The van der Waals surface area contributed by atoms with E-state index < -0.39 is 0 Å². The van der Waals surface area contributed by atoms with E-state index in [9.17, 15) is 9.59 Å². The molecule has 130 valence electrons. The van der Waals surface area contributed by atoms with Crippen LogP contribution in [-0.2, 0) is 22.4 Å². The predicted molar refractivity (Wildman–Crippen MR) is 98.6 cm³/mol. The van der Waals surface area contributed by atoms with Crippen molar-refractivity contribution in [1.29, 1.82) is 0 Å². The van der Waals surface area contributed by atoms with E-state index >= 15 is 0 Å². The summed E-state index contributed by atoms with van der Waals surface area (Å²) in [5, 5.41) is 6.12. The number of likely N-dealkylation sites (tertiary alicyclic amines) is 1. The Morgan fingerprint density at radius 3 is 2.92 bits per heavy atom. The minimum atomic E-state index is 0.0962. The molecule has 4 rings (SSSR count). The summed E-state index contributed by atoms with van der Waals surface area (Å²) in [6, 6.07) is 6.15. The lowest BCUT2D eigenvalue weighted by Crippen LogP contribution is -2.26. The highest BCUT2D eigenvalue weighted by molar-refractivity contribution is 7.09. The van der Waals surface area contributed by atoms with Gasteiger partial charge < -0.3 is 10.2 Å². The molecule has 2 aliphatic rings. The molecule has 0 unspecified atom stereocenters. The Morgan fingerprint density at radius 2 is 2.08 bits per heavy atom. The normalized spacial score (nSPS) is 17.4. The topological polar surface area (TPSA) is 62.3 Å². The van der Waals surface area contributed by atoms with Crippen LogP contribution in [-0.4, -0.2) is 34.8 Å². The highest BCUT2D eigenvalue weighted by atomic mass is 32.1. The summed E-state index contributed by atoms with van der Waals surface area (Å²) in [5.41, 5.74) is 4.18. The van der Waals surface area contributed by atoms with Gasteiger partial charge in [0.25, 0.3) is 0 Å². The maximum atomic E-state index is 11.7. The van der Waals surface area contributed by atoms with E-state index in [2.05, 4.69) is 16.8 Å². The first kappa shape index (κ1) is 16.3. The molecule has 0 bridgehead atoms. The number of aryl methyl sites for hydroxylation is 1. The third-order valence-electron chi connectivity index (χ3n) is 4.84. The lowest BCUT2D eigenvalue weighted by molar-refractivity contribution is -0.127. The lowest BCUT2D eigenvalue weighted by Gasteiger charge is -2.13. The number of rotatable bonds is 4. The summed E-state index contributed by atoms with van der Waals surface area (Å²) < 4.78 is 0. The van der Waals surface area contributed by atoms with Gasteiger partial charge in [0, 0.05) is 49.0 Å². The molecule has 1 aromatic heterocycles. The average molecular weight is 355 g/mol. The van der Waals surface area contributed by atoms with Crippen molar-refractivity contribution in [1.82, 2.24) is 9.88 Å². The van der Waals surface area contributed by atoms with E-state index in [-0.39, 0.29) is 11.8 Å². The molecule has 1 N–H and O–H groups in total. The summed E-state index contributed by atoms with van der Waals surface area (Å²) in [7, 11) is 0. The van der Waals surface area contributed by atoms with Crippen molar-refractivity contribution >= 4 is 28.8 Å². The molecule has 25 heavy (non-hydrogen) atoms. The number of hydrogen-bond acceptors (Lipinski definition) is 4. The van der Waals surface area contributed by atoms with Gasteiger partial charge in [0.2, 0.25) is 11.8 Å². The van der Waals surface area contributed by atoms with Gasteiger partial charge in [0.1, 0.15) is 0 Å². The van der Waals surface area contributed by atoms with Gasteiger partial charge in [-0.15, -0.1) is 11.3 Å². The molecule has 2 aromatic rings. The maximum absolute atomic E-state index is 11.7. The fourth-order valence-corrected chi connectivity index (χ4v) is 4.26. The number of carbonyl (C=O) groups excluding carboxylic acids is 2. The number of benzene rings is 1. The predicted octanol–water partition coefficient (Wildman–Crippen LogP) is 3.25. The van der Waals surface area contributed by atoms with Gasteiger partial charge in [-0.25, -0.2) is 4.98 Å². The van der Waals surface area contributed by atoms with Crippen LogP contribution in [0.2, 0.25) is 0 Å². The smallest absolute Gasteiger partial charge is 0.224 e. The second-order valence-electron chi connectivity index (χ2n) is 6.63. The number of anilines is 1. The fourth-order valence-electron chi connectivity index (χ4n) is 3.46. The standard InChI is InChI=1S/C19H21N3O2S/c23-17-4-1-3-13-11-14(6-7-15(13)20-17)16-12-25-18(21-16)8-10-22-9-2-5-19(22)24/h6-7,11-12H,1-5,8-10H2,(H,20,23). The van der Waals surface area contributed by atoms with Crippen molar-refractivity contribution in [3.05, 3.63) is 34.2 Å². The monoisotopic (exact) mass is 355 g/mol. The Hall–Kier alpha value is -2.21. The molecule has 0 atom stereocenters. The summed E-state index contributed by atoms with van der Waals surface area (Å²) in [6.45, 7) is 1.65. The van der Waals surface area contributed by atoms with Crippen LogP contribution in [0.4, 0.5) is 5.69 Å². The van der Waals surface area contributed by atoms with Crippen LogP contribution in [0.3, 0.4) is 0 Å².